The third-order valence-electron chi connectivity index (χ3n) is 0. The molecule has 0 amide bonds. The van der Waals surface area contributed by atoms with Gasteiger partial charge in [0.1, 0.15) is -0.0619 Å². The first kappa shape index (κ1) is 15.6. The summed E-state index contributed by atoms with van der Waals surface area (Å²) < 4.78 is 0.493. The molecule has 0 aromatic rings. The van der Waals surface area contributed by atoms with Crippen molar-refractivity contribution in [3.8, 4) is 0 Å². The maximum atomic E-state index is 3.12. The van der Waals surface area contributed by atoms with Gasteiger partial charge in [-0.05, 0) is 63.7 Å². The van der Waals surface area contributed by atoms with Crippen LogP contribution in [0.25, 0.3) is 0 Å². The van der Waals surface area contributed by atoms with Gasteiger partial charge in [-0.25, -0.2) is 0 Å². The molecule has 0 nitrogen and oxygen atoms in total. The number of hydrogen-bond donors (Lipinski definition) is 0. The third kappa shape index (κ3) is 73.3. The minimum absolute atomic E-state index is 0.250. The van der Waals surface area contributed by atoms with E-state index in [1.807, 2.05) is 0 Å². The van der Waals surface area contributed by atoms with Crippen molar-refractivity contribution in [3.05, 3.63) is 0 Å². The molecule has 0 atom stereocenters. The Bertz CT molecular complexity index is 50.6. The molecule has 0 N–H and O–H groups in total. The Labute approximate surface area is 129 Å². The van der Waals surface area contributed by atoms with E-state index in [1.165, 1.54) is 0 Å². The lowest BCUT2D eigenvalue weighted by molar-refractivity contribution is 2.14. The molecule has 0 aliphatic heterocycles. The number of halogens is 7. The van der Waals surface area contributed by atoms with Gasteiger partial charge < -0.3 is 0 Å². The molecule has 58 valence electrons. The van der Waals surface area contributed by atoms with Crippen LogP contribution in [-0.2, 0) is 0 Å². The molecule has 0 aromatic heterocycles. The molecule has 0 saturated carbocycles. The van der Waals surface area contributed by atoms with Crippen LogP contribution in [0.4, 0.5) is 0 Å². The van der Waals surface area contributed by atoms with E-state index in [-0.39, 0.29) is 1.05 Å². The summed E-state index contributed by atoms with van der Waals surface area (Å²) in [5.74, 6) is 0. The van der Waals surface area contributed by atoms with Crippen molar-refractivity contribution in [3.63, 3.8) is 0 Å². The van der Waals surface area contributed by atoms with E-state index in [0.29, 0.717) is 0 Å². The summed E-state index contributed by atoms with van der Waals surface area (Å²) in [7, 11) is 0. The Morgan fingerprint density at radius 2 is 0.889 bits per heavy atom. The van der Waals surface area contributed by atoms with E-state index in [2.05, 4.69) is 131 Å². The molecule has 0 fully saturated rings. The van der Waals surface area contributed by atoms with Crippen LogP contribution in [0.2, 0.25) is 0 Å². The van der Waals surface area contributed by atoms with E-state index >= 15 is 0 Å². The molecule has 9 heavy (non-hydrogen) atoms. The zero-order chi connectivity index (χ0) is 8.08. The first-order valence-electron chi connectivity index (χ1n) is 1.41. The standard InChI is InChI=1S/CBr4.CHI3/c2-1(3,4)5;2-1(3)4/h;1H. The van der Waals surface area contributed by atoms with Crippen LogP contribution < -0.4 is 0 Å². The molecule has 0 radical (unpaired) electrons. The fraction of sp³-hybridized carbons (Fsp3) is 1.00. The Morgan fingerprint density at radius 3 is 0.889 bits per heavy atom. The van der Waals surface area contributed by atoms with Crippen molar-refractivity contribution in [1.82, 2.24) is 0 Å². The van der Waals surface area contributed by atoms with Gasteiger partial charge >= 0.3 is 0 Å². The van der Waals surface area contributed by atoms with Crippen molar-refractivity contribution in [1.29, 1.82) is 0 Å². The average Bonchev–Trinajstić information content (AvgIpc) is 1.19. The van der Waals surface area contributed by atoms with E-state index in [1.54, 1.807) is 0 Å². The van der Waals surface area contributed by atoms with Gasteiger partial charge in [0, 0.05) is 0 Å². The van der Waals surface area contributed by atoms with E-state index in [4.69, 9.17) is 0 Å². The van der Waals surface area contributed by atoms with Crippen molar-refractivity contribution in [2.75, 3.05) is 0 Å². The molecule has 0 unspecified atom stereocenters. The topological polar surface area (TPSA) is 0 Å². The molecule has 0 rings (SSSR count). The fourth-order valence-corrected chi connectivity index (χ4v) is 0. The summed E-state index contributed by atoms with van der Waals surface area (Å²) in [6.45, 7) is 0. The van der Waals surface area contributed by atoms with Crippen molar-refractivity contribution >= 4 is 131 Å². The number of alkyl halides is 7. The molecule has 0 aromatic carbocycles. The van der Waals surface area contributed by atoms with E-state index in [9.17, 15) is 0 Å². The maximum absolute atomic E-state index is 3.12. The first-order chi connectivity index (χ1) is 3.73. The van der Waals surface area contributed by atoms with Crippen molar-refractivity contribution in [2.24, 2.45) is 0 Å². The Balaban J connectivity index is 0. The molecule has 0 bridgehead atoms. The van der Waals surface area contributed by atoms with Crippen LogP contribution in [0.3, 0.4) is 0 Å². The highest BCUT2D eigenvalue weighted by Gasteiger charge is 2.08. The second kappa shape index (κ2) is 8.70. The molecule has 0 heterocycles. The lowest BCUT2D eigenvalue weighted by atomic mass is 12.0. The Hall–Kier alpha value is 4.11. The second-order valence-electron chi connectivity index (χ2n) is 0.676. The van der Waals surface area contributed by atoms with Crippen molar-refractivity contribution < 1.29 is 0 Å². The smallest absolute Gasteiger partial charge is 0.0592 e. The van der Waals surface area contributed by atoms with Crippen LogP contribution in [0.5, 0.6) is 0 Å². The molecule has 0 aliphatic rings. The van der Waals surface area contributed by atoms with E-state index in [0.717, 1.165) is -0.0619 Å². The Morgan fingerprint density at radius 1 is 0.889 bits per heavy atom. The molecular formula is C2HBr4I3. The van der Waals surface area contributed by atoms with Gasteiger partial charge in [-0.2, -0.15) is 0 Å². The predicted molar refractivity (Wildman–Crippen MR) is 84.3 cm³/mol. The lowest BCUT2D eigenvalue weighted by Gasteiger charge is -1.93. The zero-order valence-corrected chi connectivity index (χ0v) is 16.5. The van der Waals surface area contributed by atoms with Gasteiger partial charge in [-0.1, -0.05) is 67.8 Å². The highest BCUT2D eigenvalue weighted by molar-refractivity contribution is 14.3. The quantitative estimate of drug-likeness (QED) is 0.221. The van der Waals surface area contributed by atoms with Gasteiger partial charge in [0.25, 0.3) is 0 Å². The molecule has 7 heteroatoms. The largest absolute Gasteiger partial charge is 0.189 e. The van der Waals surface area contributed by atoms with Gasteiger partial charge in [0.2, 0.25) is 0 Å². The average molecular weight is 725 g/mol. The summed E-state index contributed by atoms with van der Waals surface area (Å²) in [5.41, 5.74) is 0. The van der Waals surface area contributed by atoms with Crippen LogP contribution >= 0.6 is 131 Å². The van der Waals surface area contributed by atoms with E-state index < -0.39 is 0 Å². The highest BCUT2D eigenvalue weighted by Crippen LogP contribution is 2.39. The van der Waals surface area contributed by atoms with Crippen LogP contribution in [0, 0.1) is 0 Å². The Kier molecular flexibility index (Phi) is 15.1. The first-order valence-corrected chi connectivity index (χ1v) is 8.32. The lowest BCUT2D eigenvalue weighted by Crippen LogP contribution is -1.75. The highest BCUT2D eigenvalue weighted by atomic mass is 127. The summed E-state index contributed by atoms with van der Waals surface area (Å²) in [6, 6.07) is 0. The van der Waals surface area contributed by atoms with Crippen molar-refractivity contribution in [2.45, 2.75) is 0.990 Å². The van der Waals surface area contributed by atoms with Crippen LogP contribution in [0.15, 0.2) is 0 Å². The molecule has 0 saturated heterocycles. The summed E-state index contributed by atoms with van der Waals surface area (Å²) in [4.78, 5) is 0. The molecular weight excluding hydrogens is 724 g/mol. The van der Waals surface area contributed by atoms with Gasteiger partial charge in [-0.3, -0.25) is 0 Å². The predicted octanol–water partition coefficient (Wildman–Crippen LogP) is 5.75. The minimum atomic E-state index is -0.250. The van der Waals surface area contributed by atoms with Crippen LogP contribution in [0.1, 0.15) is 0 Å². The zero-order valence-electron chi connectivity index (χ0n) is 3.72. The molecule has 0 aliphatic carbocycles. The van der Waals surface area contributed by atoms with Gasteiger partial charge in [-0.15, -0.1) is 0 Å². The van der Waals surface area contributed by atoms with Gasteiger partial charge in [0.15, 0.2) is 1.05 Å². The second-order valence-corrected chi connectivity index (χ2v) is 22.7. The third-order valence-corrected chi connectivity index (χ3v) is 0. The summed E-state index contributed by atoms with van der Waals surface area (Å²) in [6.07, 6.45) is 0. The number of rotatable bonds is 0. The summed E-state index contributed by atoms with van der Waals surface area (Å²) >= 11 is 19.4. The van der Waals surface area contributed by atoms with Gasteiger partial charge in [0.05, 0.1) is 0 Å². The fourth-order valence-electron chi connectivity index (χ4n) is 0. The maximum Gasteiger partial charge on any atom is 0.189 e. The monoisotopic (exact) mass is 721 g/mol. The minimum Gasteiger partial charge on any atom is -0.0592 e. The summed E-state index contributed by atoms with van der Waals surface area (Å²) in [5, 5.41) is 0. The molecule has 0 spiro atoms. The number of hydrogen-bond acceptors (Lipinski definition) is 0. The SMILES string of the molecule is BrC(Br)(Br)Br.IC(I)I. The normalized spacial score (nSPS) is 10.7. The van der Waals surface area contributed by atoms with Crippen LogP contribution in [-0.4, -0.2) is 0.990 Å².